The van der Waals surface area contributed by atoms with E-state index in [1.165, 1.54) is 0 Å². The second-order valence-electron chi connectivity index (χ2n) is 5.83. The fourth-order valence-electron chi connectivity index (χ4n) is 2.62. The second-order valence-corrected chi connectivity index (χ2v) is 6.26. The molecule has 1 aliphatic carbocycles. The van der Waals surface area contributed by atoms with Gasteiger partial charge in [0.15, 0.2) is 0 Å². The summed E-state index contributed by atoms with van der Waals surface area (Å²) in [7, 11) is 0. The Hall–Kier alpha value is -2.39. The minimum Gasteiger partial charge on any atom is -0.349 e. The van der Waals surface area contributed by atoms with Gasteiger partial charge in [-0.1, -0.05) is 41.9 Å². The summed E-state index contributed by atoms with van der Waals surface area (Å²) in [6, 6.07) is 17.4. The Balaban J connectivity index is 1.85. The van der Waals surface area contributed by atoms with Crippen molar-refractivity contribution in [2.24, 2.45) is 0 Å². The molecule has 1 aromatic heterocycles. The zero-order valence-electron chi connectivity index (χ0n) is 12.4. The molecular weight excluding hydrogens is 308 g/mol. The van der Waals surface area contributed by atoms with Gasteiger partial charge in [0, 0.05) is 22.0 Å². The van der Waals surface area contributed by atoms with E-state index in [2.05, 4.69) is 10.3 Å². The molecule has 0 unspecified atom stereocenters. The van der Waals surface area contributed by atoms with Crippen molar-refractivity contribution in [1.82, 2.24) is 10.3 Å². The maximum Gasteiger partial charge on any atom is 0.252 e. The highest BCUT2D eigenvalue weighted by atomic mass is 35.5. The lowest BCUT2D eigenvalue weighted by molar-refractivity contribution is 0.0952. The van der Waals surface area contributed by atoms with Crippen LogP contribution in [-0.2, 0) is 0 Å². The maximum absolute atomic E-state index is 12.6. The van der Waals surface area contributed by atoms with E-state index < -0.39 is 0 Å². The molecule has 3 nitrogen and oxygen atoms in total. The first-order valence-electron chi connectivity index (χ1n) is 7.67. The SMILES string of the molecule is O=C(NC1CC1)c1cc(-c2ccc(Cl)cc2)nc2ccccc12. The molecule has 1 aliphatic rings. The minimum atomic E-state index is -0.0266. The van der Waals surface area contributed by atoms with Crippen LogP contribution in [-0.4, -0.2) is 16.9 Å². The molecule has 0 aliphatic heterocycles. The fourth-order valence-corrected chi connectivity index (χ4v) is 2.75. The van der Waals surface area contributed by atoms with Gasteiger partial charge in [-0.2, -0.15) is 0 Å². The highest BCUT2D eigenvalue weighted by molar-refractivity contribution is 6.30. The van der Waals surface area contributed by atoms with Gasteiger partial charge in [0.2, 0.25) is 0 Å². The summed E-state index contributed by atoms with van der Waals surface area (Å²) in [5.41, 5.74) is 3.22. The van der Waals surface area contributed by atoms with Gasteiger partial charge in [0.25, 0.3) is 5.91 Å². The van der Waals surface area contributed by atoms with Crippen LogP contribution in [0.25, 0.3) is 22.2 Å². The quantitative estimate of drug-likeness (QED) is 0.774. The van der Waals surface area contributed by atoms with Crippen LogP contribution in [0.5, 0.6) is 0 Å². The van der Waals surface area contributed by atoms with Crippen LogP contribution >= 0.6 is 11.6 Å². The number of benzene rings is 2. The Labute approximate surface area is 139 Å². The Bertz CT molecular complexity index is 886. The molecule has 2 aromatic carbocycles. The van der Waals surface area contributed by atoms with E-state index in [1.807, 2.05) is 54.6 Å². The Morgan fingerprint density at radius 2 is 1.83 bits per heavy atom. The molecule has 4 heteroatoms. The number of nitrogens with zero attached hydrogens (tertiary/aromatic N) is 1. The molecule has 0 atom stereocenters. The van der Waals surface area contributed by atoms with Crippen LogP contribution in [0.4, 0.5) is 0 Å². The maximum atomic E-state index is 12.6. The van der Waals surface area contributed by atoms with E-state index in [4.69, 9.17) is 11.6 Å². The number of rotatable bonds is 3. The molecule has 1 saturated carbocycles. The van der Waals surface area contributed by atoms with Crippen molar-refractivity contribution in [2.45, 2.75) is 18.9 Å². The third-order valence-electron chi connectivity index (χ3n) is 4.01. The van der Waals surface area contributed by atoms with Crippen molar-refractivity contribution < 1.29 is 4.79 Å². The number of halogens is 1. The van der Waals surface area contributed by atoms with Gasteiger partial charge in [-0.15, -0.1) is 0 Å². The van der Waals surface area contributed by atoms with Crippen molar-refractivity contribution in [3.63, 3.8) is 0 Å². The molecule has 3 aromatic rings. The Kier molecular flexibility index (Phi) is 3.50. The zero-order chi connectivity index (χ0) is 15.8. The number of carbonyl (C=O) groups excluding carboxylic acids is 1. The molecule has 1 amide bonds. The zero-order valence-corrected chi connectivity index (χ0v) is 13.2. The number of aromatic nitrogens is 1. The number of carbonyl (C=O) groups is 1. The number of amides is 1. The summed E-state index contributed by atoms with van der Waals surface area (Å²) in [6.45, 7) is 0. The van der Waals surface area contributed by atoms with Crippen LogP contribution in [0.3, 0.4) is 0 Å². The van der Waals surface area contributed by atoms with Gasteiger partial charge in [0.1, 0.15) is 0 Å². The van der Waals surface area contributed by atoms with E-state index in [9.17, 15) is 4.79 Å². The Morgan fingerprint density at radius 3 is 2.57 bits per heavy atom. The predicted octanol–water partition coefficient (Wildman–Crippen LogP) is 4.45. The monoisotopic (exact) mass is 322 g/mol. The number of nitrogens with one attached hydrogen (secondary N) is 1. The molecule has 0 radical (unpaired) electrons. The molecule has 1 fully saturated rings. The average molecular weight is 323 g/mol. The summed E-state index contributed by atoms with van der Waals surface area (Å²) in [5.74, 6) is -0.0266. The number of fused-ring (bicyclic) bond motifs is 1. The minimum absolute atomic E-state index is 0.0266. The number of hydrogen-bond acceptors (Lipinski definition) is 2. The predicted molar refractivity (Wildman–Crippen MR) is 92.7 cm³/mol. The molecule has 1 heterocycles. The third-order valence-corrected chi connectivity index (χ3v) is 4.27. The molecule has 0 bridgehead atoms. The lowest BCUT2D eigenvalue weighted by Crippen LogP contribution is -2.25. The summed E-state index contributed by atoms with van der Waals surface area (Å²) < 4.78 is 0. The van der Waals surface area contributed by atoms with Crippen LogP contribution in [0, 0.1) is 0 Å². The first-order chi connectivity index (χ1) is 11.2. The van der Waals surface area contributed by atoms with E-state index in [0.29, 0.717) is 16.6 Å². The molecule has 1 N–H and O–H groups in total. The molecule has 0 spiro atoms. The largest absolute Gasteiger partial charge is 0.349 e. The average Bonchev–Trinajstić information content (AvgIpc) is 3.38. The standard InChI is InChI=1S/C19H15ClN2O/c20-13-7-5-12(6-8-13)18-11-16(19(23)21-14-9-10-14)15-3-1-2-4-17(15)22-18/h1-8,11,14H,9-10H2,(H,21,23). The van der Waals surface area contributed by atoms with Gasteiger partial charge >= 0.3 is 0 Å². The molecule has 114 valence electrons. The molecular formula is C19H15ClN2O. The van der Waals surface area contributed by atoms with Crippen LogP contribution < -0.4 is 5.32 Å². The van der Waals surface area contributed by atoms with Crippen molar-refractivity contribution in [1.29, 1.82) is 0 Å². The first-order valence-corrected chi connectivity index (χ1v) is 8.05. The number of hydrogen-bond donors (Lipinski definition) is 1. The van der Waals surface area contributed by atoms with Gasteiger partial charge in [-0.25, -0.2) is 4.98 Å². The van der Waals surface area contributed by atoms with E-state index in [1.54, 1.807) is 0 Å². The molecule has 4 rings (SSSR count). The smallest absolute Gasteiger partial charge is 0.252 e. The number of pyridine rings is 1. The summed E-state index contributed by atoms with van der Waals surface area (Å²) >= 11 is 5.96. The lowest BCUT2D eigenvalue weighted by Gasteiger charge is -2.10. The highest BCUT2D eigenvalue weighted by Gasteiger charge is 2.25. The van der Waals surface area contributed by atoms with Gasteiger partial charge < -0.3 is 5.32 Å². The van der Waals surface area contributed by atoms with Crippen LogP contribution in [0.15, 0.2) is 54.6 Å². The summed E-state index contributed by atoms with van der Waals surface area (Å²) in [5, 5.41) is 4.62. The second kappa shape index (κ2) is 5.67. The van der Waals surface area contributed by atoms with Crippen molar-refractivity contribution in [3.05, 3.63) is 65.2 Å². The van der Waals surface area contributed by atoms with Crippen molar-refractivity contribution in [2.75, 3.05) is 0 Å². The lowest BCUT2D eigenvalue weighted by atomic mass is 10.0. The fraction of sp³-hybridized carbons (Fsp3) is 0.158. The van der Waals surface area contributed by atoms with Crippen LogP contribution in [0.1, 0.15) is 23.2 Å². The molecule has 23 heavy (non-hydrogen) atoms. The topological polar surface area (TPSA) is 42.0 Å². The summed E-state index contributed by atoms with van der Waals surface area (Å²) in [6.07, 6.45) is 2.14. The normalized spacial score (nSPS) is 14.0. The van der Waals surface area contributed by atoms with Gasteiger partial charge in [0.05, 0.1) is 16.8 Å². The number of para-hydroxylation sites is 1. The van der Waals surface area contributed by atoms with Crippen LogP contribution in [0.2, 0.25) is 5.02 Å². The first kappa shape index (κ1) is 14.2. The third kappa shape index (κ3) is 2.92. The summed E-state index contributed by atoms with van der Waals surface area (Å²) in [4.78, 5) is 17.3. The van der Waals surface area contributed by atoms with E-state index >= 15 is 0 Å². The molecule has 0 saturated heterocycles. The van der Waals surface area contributed by atoms with Gasteiger partial charge in [-0.05, 0) is 37.1 Å². The van der Waals surface area contributed by atoms with Gasteiger partial charge in [-0.3, -0.25) is 4.79 Å². The highest BCUT2D eigenvalue weighted by Crippen LogP contribution is 2.27. The Morgan fingerprint density at radius 1 is 1.09 bits per heavy atom. The van der Waals surface area contributed by atoms with E-state index in [-0.39, 0.29) is 5.91 Å². The van der Waals surface area contributed by atoms with Crippen molar-refractivity contribution in [3.8, 4) is 11.3 Å². The van der Waals surface area contributed by atoms with Crippen molar-refractivity contribution >= 4 is 28.4 Å². The van der Waals surface area contributed by atoms with E-state index in [0.717, 1.165) is 35.0 Å².